The molecule has 0 radical (unpaired) electrons. The quantitative estimate of drug-likeness (QED) is 0.622. The molecular formula is C12H16N2O5S. The van der Waals surface area contributed by atoms with Crippen molar-refractivity contribution >= 4 is 21.9 Å². The van der Waals surface area contributed by atoms with Gasteiger partial charge in [0.15, 0.2) is 0 Å². The van der Waals surface area contributed by atoms with Crippen LogP contribution in [0.2, 0.25) is 0 Å². The van der Waals surface area contributed by atoms with E-state index in [1.54, 1.807) is 0 Å². The molecule has 0 saturated carbocycles. The highest BCUT2D eigenvalue weighted by atomic mass is 32.2. The summed E-state index contributed by atoms with van der Waals surface area (Å²) >= 11 is 0. The largest absolute Gasteiger partial charge is 0.478 e. The van der Waals surface area contributed by atoms with E-state index in [9.17, 15) is 18.0 Å². The number of hydrogen-bond donors (Lipinski definition) is 3. The lowest BCUT2D eigenvalue weighted by atomic mass is 10.2. The van der Waals surface area contributed by atoms with Crippen LogP contribution in [0.3, 0.4) is 0 Å². The van der Waals surface area contributed by atoms with Crippen molar-refractivity contribution in [2.24, 2.45) is 0 Å². The van der Waals surface area contributed by atoms with Gasteiger partial charge in [-0.25, -0.2) is 17.9 Å². The molecule has 3 N–H and O–H groups in total. The van der Waals surface area contributed by atoms with Crippen LogP contribution < -0.4 is 10.0 Å². The molecule has 0 heterocycles. The Bertz CT molecular complexity index is 598. The predicted octanol–water partition coefficient (Wildman–Crippen LogP) is 0.189. The topological polar surface area (TPSA) is 113 Å². The second-order valence-corrected chi connectivity index (χ2v) is 5.83. The molecule has 0 aliphatic carbocycles. The Morgan fingerprint density at radius 3 is 2.55 bits per heavy atom. The van der Waals surface area contributed by atoms with E-state index in [1.165, 1.54) is 25.1 Å². The number of carbonyl (C=O) groups excluding carboxylic acids is 1. The first-order valence-electron chi connectivity index (χ1n) is 5.90. The molecule has 110 valence electrons. The zero-order valence-corrected chi connectivity index (χ0v) is 11.7. The smallest absolute Gasteiger partial charge is 0.335 e. The number of nitrogens with one attached hydrogen (secondary N) is 2. The van der Waals surface area contributed by atoms with Gasteiger partial charge in [0.1, 0.15) is 0 Å². The monoisotopic (exact) mass is 300 g/mol. The van der Waals surface area contributed by atoms with Crippen LogP contribution in [0.15, 0.2) is 29.2 Å². The van der Waals surface area contributed by atoms with Crippen LogP contribution in [0.25, 0.3) is 0 Å². The normalized spacial score (nSPS) is 11.1. The average Bonchev–Trinajstić information content (AvgIpc) is 2.38. The Morgan fingerprint density at radius 2 is 1.95 bits per heavy atom. The molecule has 20 heavy (non-hydrogen) atoms. The SMILES string of the molecule is CC(=O)NCCCNS(=O)(=O)c1cccc(C(=O)O)c1. The zero-order chi connectivity index (χ0) is 15.2. The maximum atomic E-state index is 11.9. The van der Waals surface area contributed by atoms with E-state index >= 15 is 0 Å². The number of rotatable bonds is 7. The zero-order valence-electron chi connectivity index (χ0n) is 10.9. The Hall–Kier alpha value is -1.93. The van der Waals surface area contributed by atoms with Crippen molar-refractivity contribution in [2.45, 2.75) is 18.2 Å². The highest BCUT2D eigenvalue weighted by molar-refractivity contribution is 7.89. The second-order valence-electron chi connectivity index (χ2n) is 4.07. The summed E-state index contributed by atoms with van der Waals surface area (Å²) in [6, 6.07) is 5.11. The molecule has 0 unspecified atom stereocenters. The van der Waals surface area contributed by atoms with E-state index in [1.807, 2.05) is 0 Å². The van der Waals surface area contributed by atoms with E-state index in [2.05, 4.69) is 10.0 Å². The molecule has 0 fully saturated rings. The number of benzene rings is 1. The van der Waals surface area contributed by atoms with Crippen molar-refractivity contribution < 1.29 is 23.1 Å². The van der Waals surface area contributed by atoms with E-state index in [0.29, 0.717) is 13.0 Å². The maximum absolute atomic E-state index is 11.9. The average molecular weight is 300 g/mol. The molecule has 1 aromatic rings. The molecular weight excluding hydrogens is 284 g/mol. The van der Waals surface area contributed by atoms with Gasteiger partial charge in [0.05, 0.1) is 10.5 Å². The maximum Gasteiger partial charge on any atom is 0.335 e. The van der Waals surface area contributed by atoms with Gasteiger partial charge in [-0.15, -0.1) is 0 Å². The van der Waals surface area contributed by atoms with Crippen LogP contribution in [0.5, 0.6) is 0 Å². The molecule has 1 amide bonds. The minimum absolute atomic E-state index is 0.0916. The second kappa shape index (κ2) is 7.01. The number of hydrogen-bond acceptors (Lipinski definition) is 4. The molecule has 8 heteroatoms. The van der Waals surface area contributed by atoms with Crippen molar-refractivity contribution in [3.63, 3.8) is 0 Å². The highest BCUT2D eigenvalue weighted by Gasteiger charge is 2.15. The van der Waals surface area contributed by atoms with Crippen molar-refractivity contribution in [2.75, 3.05) is 13.1 Å². The standard InChI is InChI=1S/C12H16N2O5S/c1-9(15)13-6-3-7-14-20(18,19)11-5-2-4-10(8-11)12(16)17/h2,4-5,8,14H,3,6-7H2,1H3,(H,13,15)(H,16,17). The first-order chi connectivity index (χ1) is 9.33. The molecule has 0 aliphatic rings. The Labute approximate surface area is 117 Å². The third-order valence-corrected chi connectivity index (χ3v) is 3.87. The molecule has 0 aliphatic heterocycles. The third kappa shape index (κ3) is 4.98. The summed E-state index contributed by atoms with van der Waals surface area (Å²) in [5, 5.41) is 11.4. The fourth-order valence-electron chi connectivity index (χ4n) is 1.44. The molecule has 0 saturated heterocycles. The molecule has 1 rings (SSSR count). The summed E-state index contributed by atoms with van der Waals surface area (Å²) in [5.41, 5.74) is -0.0916. The number of carboxylic acids is 1. The molecule has 7 nitrogen and oxygen atoms in total. The number of carboxylic acid groups (broad SMARTS) is 1. The molecule has 0 atom stereocenters. The first-order valence-corrected chi connectivity index (χ1v) is 7.39. The first kappa shape index (κ1) is 16.1. The van der Waals surface area contributed by atoms with Crippen LogP contribution in [-0.2, 0) is 14.8 Å². The Morgan fingerprint density at radius 1 is 1.25 bits per heavy atom. The van der Waals surface area contributed by atoms with Crippen LogP contribution >= 0.6 is 0 Å². The molecule has 0 aromatic heterocycles. The van der Waals surface area contributed by atoms with Gasteiger partial charge in [0, 0.05) is 20.0 Å². The van der Waals surface area contributed by atoms with Gasteiger partial charge >= 0.3 is 5.97 Å². The van der Waals surface area contributed by atoms with Crippen LogP contribution in [0, 0.1) is 0 Å². The lowest BCUT2D eigenvalue weighted by molar-refractivity contribution is -0.118. The van der Waals surface area contributed by atoms with Crippen LogP contribution in [-0.4, -0.2) is 38.5 Å². The fourth-order valence-corrected chi connectivity index (χ4v) is 2.56. The number of carbonyl (C=O) groups is 2. The summed E-state index contributed by atoms with van der Waals surface area (Å²) in [6.45, 7) is 1.90. The van der Waals surface area contributed by atoms with Gasteiger partial charge in [-0.05, 0) is 24.6 Å². The Balaban J connectivity index is 2.62. The summed E-state index contributed by atoms with van der Waals surface area (Å²) in [7, 11) is -3.74. The summed E-state index contributed by atoms with van der Waals surface area (Å²) in [6.07, 6.45) is 0.442. The van der Waals surface area contributed by atoms with Gasteiger partial charge in [-0.3, -0.25) is 4.79 Å². The van der Waals surface area contributed by atoms with Crippen LogP contribution in [0.1, 0.15) is 23.7 Å². The number of sulfonamides is 1. The van der Waals surface area contributed by atoms with Crippen molar-refractivity contribution in [1.82, 2.24) is 10.0 Å². The number of aromatic carboxylic acids is 1. The van der Waals surface area contributed by atoms with Crippen molar-refractivity contribution in [3.05, 3.63) is 29.8 Å². The van der Waals surface area contributed by atoms with Gasteiger partial charge in [-0.2, -0.15) is 0 Å². The minimum atomic E-state index is -3.74. The van der Waals surface area contributed by atoms with Gasteiger partial charge in [-0.1, -0.05) is 6.07 Å². The van der Waals surface area contributed by atoms with Gasteiger partial charge < -0.3 is 10.4 Å². The Kier molecular flexibility index (Phi) is 5.66. The van der Waals surface area contributed by atoms with Crippen molar-refractivity contribution in [1.29, 1.82) is 0 Å². The lowest BCUT2D eigenvalue weighted by Crippen LogP contribution is -2.29. The van der Waals surface area contributed by atoms with Gasteiger partial charge in [0.2, 0.25) is 15.9 Å². The van der Waals surface area contributed by atoms with Crippen LogP contribution in [0.4, 0.5) is 0 Å². The number of amides is 1. The lowest BCUT2D eigenvalue weighted by Gasteiger charge is -2.07. The third-order valence-electron chi connectivity index (χ3n) is 2.41. The summed E-state index contributed by atoms with van der Waals surface area (Å²) < 4.78 is 26.2. The van der Waals surface area contributed by atoms with Crippen molar-refractivity contribution in [3.8, 4) is 0 Å². The molecule has 0 spiro atoms. The molecule has 1 aromatic carbocycles. The minimum Gasteiger partial charge on any atom is -0.478 e. The van der Waals surface area contributed by atoms with E-state index in [-0.39, 0.29) is 22.9 Å². The predicted molar refractivity (Wildman–Crippen MR) is 71.9 cm³/mol. The fraction of sp³-hybridized carbons (Fsp3) is 0.333. The summed E-state index contributed by atoms with van der Waals surface area (Å²) in [5.74, 6) is -1.37. The summed E-state index contributed by atoms with van der Waals surface area (Å²) in [4.78, 5) is 21.3. The van der Waals surface area contributed by atoms with Gasteiger partial charge in [0.25, 0.3) is 0 Å². The highest BCUT2D eigenvalue weighted by Crippen LogP contribution is 2.11. The molecule has 0 bridgehead atoms. The van der Waals surface area contributed by atoms with E-state index in [0.717, 1.165) is 6.07 Å². The van der Waals surface area contributed by atoms with E-state index < -0.39 is 16.0 Å². The van der Waals surface area contributed by atoms with E-state index in [4.69, 9.17) is 5.11 Å².